The fourth-order valence-electron chi connectivity index (χ4n) is 1.92. The second-order valence-corrected chi connectivity index (χ2v) is 4.24. The summed E-state index contributed by atoms with van der Waals surface area (Å²) in [7, 11) is 3.84. The number of nitrogens with one attached hydrogen (secondary N) is 1. The fourth-order valence-corrected chi connectivity index (χ4v) is 1.92. The molecule has 2 aromatic rings. The second kappa shape index (κ2) is 4.99. The van der Waals surface area contributed by atoms with E-state index in [0.717, 1.165) is 24.6 Å². The molecule has 0 bridgehead atoms. The highest BCUT2D eigenvalue weighted by Gasteiger charge is 2.06. The Kier molecular flexibility index (Phi) is 3.42. The molecular weight excluding hydrogens is 212 g/mol. The summed E-state index contributed by atoms with van der Waals surface area (Å²) in [6, 6.07) is 8.59. The van der Waals surface area contributed by atoms with E-state index in [1.165, 1.54) is 11.1 Å². The Balaban J connectivity index is 2.05. The van der Waals surface area contributed by atoms with Crippen LogP contribution >= 0.6 is 0 Å². The molecule has 0 fully saturated rings. The van der Waals surface area contributed by atoms with Crippen molar-refractivity contribution in [2.24, 2.45) is 7.05 Å². The lowest BCUT2D eigenvalue weighted by molar-refractivity contribution is 0.772. The van der Waals surface area contributed by atoms with E-state index < -0.39 is 0 Å². The van der Waals surface area contributed by atoms with Crippen molar-refractivity contribution in [3.05, 3.63) is 41.2 Å². The molecule has 1 N–H and O–H groups in total. The summed E-state index contributed by atoms with van der Waals surface area (Å²) in [5.74, 6) is 1.82. The third-order valence-electron chi connectivity index (χ3n) is 2.91. The third-order valence-corrected chi connectivity index (χ3v) is 2.91. The Morgan fingerprint density at radius 2 is 2.06 bits per heavy atom. The minimum absolute atomic E-state index is 0.809. The number of nitrogens with zero attached hydrogens (tertiary/aromatic N) is 3. The molecule has 0 aliphatic carbocycles. The van der Waals surface area contributed by atoms with Gasteiger partial charge in [0.05, 0.1) is 0 Å². The first-order valence-electron chi connectivity index (χ1n) is 5.82. The molecule has 4 nitrogen and oxygen atoms in total. The van der Waals surface area contributed by atoms with Gasteiger partial charge in [-0.3, -0.25) is 0 Å². The monoisotopic (exact) mass is 230 g/mol. The van der Waals surface area contributed by atoms with E-state index in [0.29, 0.717) is 0 Å². The van der Waals surface area contributed by atoms with Gasteiger partial charge >= 0.3 is 0 Å². The quantitative estimate of drug-likeness (QED) is 0.873. The van der Waals surface area contributed by atoms with E-state index in [1.807, 2.05) is 18.7 Å². The van der Waals surface area contributed by atoms with Crippen molar-refractivity contribution in [2.45, 2.75) is 19.8 Å². The second-order valence-electron chi connectivity index (χ2n) is 4.24. The Morgan fingerprint density at radius 3 is 2.71 bits per heavy atom. The molecule has 90 valence electrons. The minimum atomic E-state index is 0.809. The van der Waals surface area contributed by atoms with Gasteiger partial charge in [0.2, 0.25) is 5.95 Å². The first kappa shape index (κ1) is 11.6. The van der Waals surface area contributed by atoms with Gasteiger partial charge in [-0.1, -0.05) is 29.8 Å². The molecule has 1 aromatic heterocycles. The topological polar surface area (TPSA) is 42.7 Å². The van der Waals surface area contributed by atoms with Gasteiger partial charge in [-0.15, -0.1) is 10.2 Å². The molecule has 0 radical (unpaired) electrons. The zero-order valence-electron chi connectivity index (χ0n) is 10.6. The molecule has 2 rings (SSSR count). The molecule has 17 heavy (non-hydrogen) atoms. The normalized spacial score (nSPS) is 10.5. The van der Waals surface area contributed by atoms with Crippen LogP contribution in [0.15, 0.2) is 24.3 Å². The summed E-state index contributed by atoms with van der Waals surface area (Å²) in [6.45, 7) is 2.12. The lowest BCUT2D eigenvalue weighted by Gasteiger charge is -2.04. The van der Waals surface area contributed by atoms with Gasteiger partial charge < -0.3 is 9.88 Å². The summed E-state index contributed by atoms with van der Waals surface area (Å²) in [5, 5.41) is 11.3. The van der Waals surface area contributed by atoms with Gasteiger partial charge in [-0.2, -0.15) is 0 Å². The minimum Gasteiger partial charge on any atom is -0.357 e. The number of anilines is 1. The molecule has 1 heterocycles. The average molecular weight is 230 g/mol. The van der Waals surface area contributed by atoms with Crippen LogP contribution < -0.4 is 5.32 Å². The highest BCUT2D eigenvalue weighted by Crippen LogP contribution is 2.10. The predicted molar refractivity (Wildman–Crippen MR) is 69.1 cm³/mol. The lowest BCUT2D eigenvalue weighted by atomic mass is 10.1. The molecule has 0 aliphatic rings. The number of hydrogen-bond donors (Lipinski definition) is 1. The number of aryl methyl sites for hydroxylation is 3. The Labute approximate surface area is 102 Å². The van der Waals surface area contributed by atoms with Crippen LogP contribution in [0.3, 0.4) is 0 Å². The summed E-state index contributed by atoms with van der Waals surface area (Å²) < 4.78 is 2.00. The molecule has 0 unspecified atom stereocenters. The first-order chi connectivity index (χ1) is 8.20. The van der Waals surface area contributed by atoms with Gasteiger partial charge in [0, 0.05) is 20.5 Å². The van der Waals surface area contributed by atoms with E-state index in [9.17, 15) is 0 Å². The first-order valence-corrected chi connectivity index (χ1v) is 5.82. The summed E-state index contributed by atoms with van der Waals surface area (Å²) in [4.78, 5) is 0. The van der Waals surface area contributed by atoms with Crippen LogP contribution in [-0.4, -0.2) is 21.8 Å². The van der Waals surface area contributed by atoms with Crippen molar-refractivity contribution >= 4 is 5.95 Å². The lowest BCUT2D eigenvalue weighted by Crippen LogP contribution is -2.03. The zero-order chi connectivity index (χ0) is 12.3. The molecule has 0 aliphatic heterocycles. The molecular formula is C13H18N4. The van der Waals surface area contributed by atoms with Crippen LogP contribution in [0, 0.1) is 6.92 Å². The van der Waals surface area contributed by atoms with Crippen molar-refractivity contribution in [3.8, 4) is 0 Å². The summed E-state index contributed by atoms with van der Waals surface area (Å²) in [6.07, 6.45) is 1.91. The van der Waals surface area contributed by atoms with Crippen LogP contribution in [-0.2, 0) is 19.9 Å². The van der Waals surface area contributed by atoms with Crippen molar-refractivity contribution in [1.82, 2.24) is 14.8 Å². The highest BCUT2D eigenvalue weighted by molar-refractivity contribution is 5.25. The number of aromatic nitrogens is 3. The average Bonchev–Trinajstić information content (AvgIpc) is 2.67. The zero-order valence-corrected chi connectivity index (χ0v) is 10.6. The maximum absolute atomic E-state index is 4.17. The smallest absolute Gasteiger partial charge is 0.224 e. The van der Waals surface area contributed by atoms with Gasteiger partial charge in [0.25, 0.3) is 0 Å². The van der Waals surface area contributed by atoms with Gasteiger partial charge in [-0.25, -0.2) is 0 Å². The SMILES string of the molecule is CNc1nnc(CCc2cccc(C)c2)n1C. The summed E-state index contributed by atoms with van der Waals surface area (Å²) in [5.41, 5.74) is 2.65. The van der Waals surface area contributed by atoms with Crippen LogP contribution in [0.1, 0.15) is 17.0 Å². The van der Waals surface area contributed by atoms with Crippen LogP contribution in [0.25, 0.3) is 0 Å². The van der Waals surface area contributed by atoms with Crippen molar-refractivity contribution in [1.29, 1.82) is 0 Å². The van der Waals surface area contributed by atoms with Gasteiger partial charge in [0.15, 0.2) is 0 Å². The maximum Gasteiger partial charge on any atom is 0.224 e. The van der Waals surface area contributed by atoms with Gasteiger partial charge in [-0.05, 0) is 18.9 Å². The molecule has 0 atom stereocenters. The molecule has 0 spiro atoms. The summed E-state index contributed by atoms with van der Waals surface area (Å²) >= 11 is 0. The number of benzene rings is 1. The van der Waals surface area contributed by atoms with E-state index in [-0.39, 0.29) is 0 Å². The van der Waals surface area contributed by atoms with E-state index in [1.54, 1.807) is 0 Å². The van der Waals surface area contributed by atoms with E-state index >= 15 is 0 Å². The van der Waals surface area contributed by atoms with Crippen molar-refractivity contribution in [3.63, 3.8) is 0 Å². The molecule has 1 aromatic carbocycles. The van der Waals surface area contributed by atoms with Crippen molar-refractivity contribution < 1.29 is 0 Å². The molecule has 0 saturated heterocycles. The van der Waals surface area contributed by atoms with Crippen molar-refractivity contribution in [2.75, 3.05) is 12.4 Å². The fraction of sp³-hybridized carbons (Fsp3) is 0.385. The van der Waals surface area contributed by atoms with E-state index in [2.05, 4.69) is 46.7 Å². The predicted octanol–water partition coefficient (Wildman–Crippen LogP) is 1.95. The highest BCUT2D eigenvalue weighted by atomic mass is 15.3. The number of rotatable bonds is 4. The maximum atomic E-state index is 4.17. The largest absolute Gasteiger partial charge is 0.357 e. The Hall–Kier alpha value is -1.84. The molecule has 0 amide bonds. The standard InChI is InChI=1S/C13H18N4/c1-10-5-4-6-11(9-10)7-8-12-15-16-13(14-2)17(12)3/h4-6,9H,7-8H2,1-3H3,(H,14,16). The Morgan fingerprint density at radius 1 is 1.24 bits per heavy atom. The molecule has 4 heteroatoms. The van der Waals surface area contributed by atoms with E-state index in [4.69, 9.17) is 0 Å². The van der Waals surface area contributed by atoms with Crippen LogP contribution in [0.2, 0.25) is 0 Å². The third kappa shape index (κ3) is 2.64. The van der Waals surface area contributed by atoms with Crippen LogP contribution in [0.4, 0.5) is 5.95 Å². The number of hydrogen-bond acceptors (Lipinski definition) is 3. The van der Waals surface area contributed by atoms with Crippen LogP contribution in [0.5, 0.6) is 0 Å². The van der Waals surface area contributed by atoms with Gasteiger partial charge in [0.1, 0.15) is 5.82 Å². The molecule has 0 saturated carbocycles. The Bertz CT molecular complexity index is 502.